The minimum Gasteiger partial charge on any atom is -0.299 e. The molecule has 0 radical (unpaired) electrons. The average molecular weight is 311 g/mol. The Bertz CT molecular complexity index is 259. The van der Waals surface area contributed by atoms with Crippen molar-refractivity contribution in [3.63, 3.8) is 0 Å². The molecular weight excluding hydrogens is 268 g/mol. The van der Waals surface area contributed by atoms with Gasteiger partial charge in [0.2, 0.25) is 0 Å². The lowest BCUT2D eigenvalue weighted by molar-refractivity contribution is -0.127. The van der Waals surface area contributed by atoms with Crippen LogP contribution in [-0.4, -0.2) is 5.78 Å². The Morgan fingerprint density at radius 2 is 1.09 bits per heavy atom. The first kappa shape index (κ1) is 21.7. The van der Waals surface area contributed by atoms with E-state index in [0.29, 0.717) is 5.78 Å². The van der Waals surface area contributed by atoms with Gasteiger partial charge in [-0.05, 0) is 26.2 Å². The van der Waals surface area contributed by atoms with Crippen molar-refractivity contribution in [2.24, 2.45) is 5.41 Å². The van der Waals surface area contributed by atoms with Gasteiger partial charge < -0.3 is 0 Å². The molecule has 0 spiro atoms. The molecule has 1 atom stereocenters. The highest BCUT2D eigenvalue weighted by atomic mass is 16.1. The van der Waals surface area contributed by atoms with Gasteiger partial charge in [-0.2, -0.15) is 0 Å². The molecule has 1 heteroatoms. The molecule has 0 aromatic rings. The molecule has 0 saturated carbocycles. The zero-order valence-electron chi connectivity index (χ0n) is 16.0. The Morgan fingerprint density at radius 3 is 1.45 bits per heavy atom. The highest BCUT2D eigenvalue weighted by molar-refractivity contribution is 5.82. The fraction of sp³-hybridized carbons (Fsp3) is 0.952. The van der Waals surface area contributed by atoms with E-state index in [9.17, 15) is 4.79 Å². The quantitative estimate of drug-likeness (QED) is 0.270. The van der Waals surface area contributed by atoms with Gasteiger partial charge in [-0.25, -0.2) is 0 Å². The minimum atomic E-state index is -0.00592. The molecule has 22 heavy (non-hydrogen) atoms. The summed E-state index contributed by atoms with van der Waals surface area (Å²) in [4.78, 5) is 12.0. The lowest BCUT2D eigenvalue weighted by atomic mass is 9.73. The van der Waals surface area contributed by atoms with Gasteiger partial charge in [0.25, 0.3) is 0 Å². The molecule has 1 unspecified atom stereocenters. The fourth-order valence-corrected chi connectivity index (χ4v) is 3.69. The Morgan fingerprint density at radius 1 is 0.636 bits per heavy atom. The second kappa shape index (κ2) is 14.3. The SMILES string of the molecule is CCCCCCCCCCCCCC(CC)(CCC)C(C)=O. The van der Waals surface area contributed by atoms with E-state index in [-0.39, 0.29) is 5.41 Å². The van der Waals surface area contributed by atoms with Crippen LogP contribution in [0.3, 0.4) is 0 Å². The summed E-state index contributed by atoms with van der Waals surface area (Å²) in [6.07, 6.45) is 19.5. The zero-order valence-corrected chi connectivity index (χ0v) is 16.0. The van der Waals surface area contributed by atoms with Crippen molar-refractivity contribution in [2.45, 2.75) is 124 Å². The van der Waals surface area contributed by atoms with Crippen LogP contribution in [0.25, 0.3) is 0 Å². The van der Waals surface area contributed by atoms with Crippen molar-refractivity contribution < 1.29 is 4.79 Å². The van der Waals surface area contributed by atoms with Crippen LogP contribution in [0.15, 0.2) is 0 Å². The van der Waals surface area contributed by atoms with Gasteiger partial charge in [-0.3, -0.25) is 4.79 Å². The number of Topliss-reactive ketones (excluding diaryl/α,β-unsaturated/α-hetero) is 1. The Balaban J connectivity index is 3.60. The van der Waals surface area contributed by atoms with Crippen LogP contribution in [0.4, 0.5) is 0 Å². The molecule has 0 heterocycles. The van der Waals surface area contributed by atoms with Gasteiger partial charge in [0.1, 0.15) is 5.78 Å². The molecule has 0 aliphatic carbocycles. The van der Waals surface area contributed by atoms with Gasteiger partial charge in [0.05, 0.1) is 0 Å². The molecule has 0 fully saturated rings. The van der Waals surface area contributed by atoms with Crippen LogP contribution in [-0.2, 0) is 4.79 Å². The topological polar surface area (TPSA) is 17.1 Å². The van der Waals surface area contributed by atoms with Crippen LogP contribution >= 0.6 is 0 Å². The third-order valence-corrected chi connectivity index (χ3v) is 5.41. The van der Waals surface area contributed by atoms with Crippen molar-refractivity contribution in [1.29, 1.82) is 0 Å². The molecule has 0 aromatic carbocycles. The monoisotopic (exact) mass is 310 g/mol. The first-order valence-corrected chi connectivity index (χ1v) is 10.1. The van der Waals surface area contributed by atoms with Crippen LogP contribution in [0, 0.1) is 5.41 Å². The highest BCUT2D eigenvalue weighted by Gasteiger charge is 2.31. The number of hydrogen-bond donors (Lipinski definition) is 0. The molecule has 0 aliphatic heterocycles. The number of carbonyl (C=O) groups is 1. The standard InChI is InChI=1S/C21H42O/c1-5-8-9-10-11-12-13-14-15-16-17-19-21(7-3,18-6-2)20(4)22/h5-19H2,1-4H3. The predicted molar refractivity (Wildman–Crippen MR) is 99.4 cm³/mol. The maximum Gasteiger partial charge on any atom is 0.135 e. The van der Waals surface area contributed by atoms with Crippen molar-refractivity contribution in [3.8, 4) is 0 Å². The summed E-state index contributed by atoms with van der Waals surface area (Å²) in [5.74, 6) is 0.420. The van der Waals surface area contributed by atoms with Crippen molar-refractivity contribution in [3.05, 3.63) is 0 Å². The Kier molecular flexibility index (Phi) is 14.1. The van der Waals surface area contributed by atoms with E-state index in [1.807, 2.05) is 0 Å². The molecule has 132 valence electrons. The Labute approximate surface area is 140 Å². The lowest BCUT2D eigenvalue weighted by Gasteiger charge is -2.30. The number of ketones is 1. The molecule has 0 amide bonds. The predicted octanol–water partition coefficient (Wildman–Crippen LogP) is 7.47. The molecule has 0 rings (SSSR count). The number of unbranched alkanes of at least 4 members (excludes halogenated alkanes) is 10. The van der Waals surface area contributed by atoms with Crippen LogP contribution in [0.5, 0.6) is 0 Å². The van der Waals surface area contributed by atoms with Gasteiger partial charge in [0.15, 0.2) is 0 Å². The van der Waals surface area contributed by atoms with E-state index in [0.717, 1.165) is 25.7 Å². The van der Waals surface area contributed by atoms with E-state index in [4.69, 9.17) is 0 Å². The summed E-state index contributed by atoms with van der Waals surface area (Å²) >= 11 is 0. The highest BCUT2D eigenvalue weighted by Crippen LogP contribution is 2.35. The summed E-state index contributed by atoms with van der Waals surface area (Å²) in [5.41, 5.74) is -0.00592. The van der Waals surface area contributed by atoms with Crippen molar-refractivity contribution in [2.75, 3.05) is 0 Å². The fourth-order valence-electron chi connectivity index (χ4n) is 3.69. The van der Waals surface area contributed by atoms with Gasteiger partial charge in [0, 0.05) is 5.41 Å². The molecule has 0 N–H and O–H groups in total. The van der Waals surface area contributed by atoms with Gasteiger partial charge in [-0.1, -0.05) is 97.8 Å². The maximum atomic E-state index is 12.0. The normalized spacial score (nSPS) is 14.0. The van der Waals surface area contributed by atoms with Crippen molar-refractivity contribution >= 4 is 5.78 Å². The third-order valence-electron chi connectivity index (χ3n) is 5.41. The van der Waals surface area contributed by atoms with E-state index < -0.39 is 0 Å². The second-order valence-corrected chi connectivity index (χ2v) is 7.23. The molecule has 0 aromatic heterocycles. The largest absolute Gasteiger partial charge is 0.299 e. The number of hydrogen-bond acceptors (Lipinski definition) is 1. The zero-order chi connectivity index (χ0) is 16.7. The average Bonchev–Trinajstić information content (AvgIpc) is 2.51. The van der Waals surface area contributed by atoms with E-state index >= 15 is 0 Å². The third kappa shape index (κ3) is 9.64. The second-order valence-electron chi connectivity index (χ2n) is 7.23. The smallest absolute Gasteiger partial charge is 0.135 e. The molecule has 1 nitrogen and oxygen atoms in total. The number of carbonyl (C=O) groups excluding carboxylic acids is 1. The lowest BCUT2D eigenvalue weighted by Crippen LogP contribution is -2.28. The first-order valence-electron chi connectivity index (χ1n) is 10.1. The van der Waals surface area contributed by atoms with Crippen molar-refractivity contribution in [1.82, 2.24) is 0 Å². The summed E-state index contributed by atoms with van der Waals surface area (Å²) < 4.78 is 0. The molecular formula is C21H42O. The summed E-state index contributed by atoms with van der Waals surface area (Å²) in [6, 6.07) is 0. The van der Waals surface area contributed by atoms with E-state index in [2.05, 4.69) is 20.8 Å². The summed E-state index contributed by atoms with van der Waals surface area (Å²) in [5, 5.41) is 0. The van der Waals surface area contributed by atoms with Gasteiger partial charge in [-0.15, -0.1) is 0 Å². The van der Waals surface area contributed by atoms with E-state index in [1.54, 1.807) is 6.92 Å². The number of rotatable bonds is 16. The van der Waals surface area contributed by atoms with E-state index in [1.165, 1.54) is 70.6 Å². The molecule has 0 saturated heterocycles. The van der Waals surface area contributed by atoms with Gasteiger partial charge >= 0.3 is 0 Å². The summed E-state index contributed by atoms with van der Waals surface area (Å²) in [7, 11) is 0. The molecule has 0 aliphatic rings. The minimum absolute atomic E-state index is 0.00592. The Hall–Kier alpha value is -0.330. The first-order chi connectivity index (χ1) is 10.6. The molecule has 0 bridgehead atoms. The summed E-state index contributed by atoms with van der Waals surface area (Å²) in [6.45, 7) is 8.47. The van der Waals surface area contributed by atoms with Crippen LogP contribution < -0.4 is 0 Å². The van der Waals surface area contributed by atoms with Crippen LogP contribution in [0.2, 0.25) is 0 Å². The van der Waals surface area contributed by atoms with Crippen LogP contribution in [0.1, 0.15) is 124 Å². The maximum absolute atomic E-state index is 12.0.